The summed E-state index contributed by atoms with van der Waals surface area (Å²) in [5.74, 6) is -1.87. The number of aryl methyl sites for hydroxylation is 1. The van der Waals surface area contributed by atoms with Crippen molar-refractivity contribution in [2.75, 3.05) is 4.90 Å². The number of anilines is 1. The van der Waals surface area contributed by atoms with Crippen molar-refractivity contribution in [1.29, 1.82) is 0 Å². The first kappa shape index (κ1) is 16.7. The van der Waals surface area contributed by atoms with Crippen molar-refractivity contribution in [2.45, 2.75) is 6.92 Å². The summed E-state index contributed by atoms with van der Waals surface area (Å²) in [5, 5.41) is 9.66. The van der Waals surface area contributed by atoms with Gasteiger partial charge in [0.15, 0.2) is 0 Å². The molecule has 0 atom stereocenters. The smallest absolute Gasteiger partial charge is 0.336 e. The molecule has 5 nitrogen and oxygen atoms in total. The number of hydrogen-bond donors (Lipinski definition) is 1. The van der Waals surface area contributed by atoms with Gasteiger partial charge >= 0.3 is 5.97 Å². The molecule has 3 aromatic rings. The molecule has 1 aliphatic heterocycles. The van der Waals surface area contributed by atoms with Crippen LogP contribution in [0.25, 0.3) is 11.1 Å². The largest absolute Gasteiger partial charge is 0.478 e. The molecule has 2 amide bonds. The van der Waals surface area contributed by atoms with Gasteiger partial charge in [0.05, 0.1) is 22.4 Å². The first-order valence-electron chi connectivity index (χ1n) is 8.41. The van der Waals surface area contributed by atoms with Gasteiger partial charge in [-0.25, -0.2) is 9.69 Å². The number of imide groups is 1. The molecular weight excluding hydrogens is 342 g/mol. The maximum absolute atomic E-state index is 12.9. The second-order valence-electron chi connectivity index (χ2n) is 6.31. The molecule has 0 fully saturated rings. The average Bonchev–Trinajstić information content (AvgIpc) is 2.92. The van der Waals surface area contributed by atoms with Crippen LogP contribution >= 0.6 is 0 Å². The maximum atomic E-state index is 12.9. The summed E-state index contributed by atoms with van der Waals surface area (Å²) in [6.45, 7) is 1.72. The minimum Gasteiger partial charge on any atom is -0.478 e. The van der Waals surface area contributed by atoms with E-state index in [1.165, 1.54) is 0 Å². The van der Waals surface area contributed by atoms with Gasteiger partial charge < -0.3 is 5.11 Å². The number of aromatic carboxylic acids is 1. The quantitative estimate of drug-likeness (QED) is 0.714. The van der Waals surface area contributed by atoms with Crippen LogP contribution in [0.5, 0.6) is 0 Å². The Morgan fingerprint density at radius 2 is 1.26 bits per heavy atom. The second kappa shape index (κ2) is 6.21. The molecule has 0 aliphatic carbocycles. The normalized spacial score (nSPS) is 13.0. The Labute approximate surface area is 155 Å². The monoisotopic (exact) mass is 357 g/mol. The van der Waals surface area contributed by atoms with E-state index in [2.05, 4.69) is 0 Å². The van der Waals surface area contributed by atoms with Gasteiger partial charge in [0.1, 0.15) is 0 Å². The Morgan fingerprint density at radius 3 is 1.85 bits per heavy atom. The van der Waals surface area contributed by atoms with Crippen molar-refractivity contribution in [3.05, 3.63) is 89.0 Å². The number of amides is 2. The van der Waals surface area contributed by atoms with E-state index in [0.29, 0.717) is 33.5 Å². The highest BCUT2D eigenvalue weighted by atomic mass is 16.4. The summed E-state index contributed by atoms with van der Waals surface area (Å²) < 4.78 is 0. The number of hydrogen-bond acceptors (Lipinski definition) is 3. The van der Waals surface area contributed by atoms with Crippen LogP contribution in [0.3, 0.4) is 0 Å². The number of carboxylic acid groups (broad SMARTS) is 1. The summed E-state index contributed by atoms with van der Waals surface area (Å²) in [4.78, 5) is 38.7. The lowest BCUT2D eigenvalue weighted by Crippen LogP contribution is -2.30. The third kappa shape index (κ3) is 2.52. The Morgan fingerprint density at radius 1 is 0.741 bits per heavy atom. The summed E-state index contributed by atoms with van der Waals surface area (Å²) >= 11 is 0. The maximum Gasteiger partial charge on any atom is 0.336 e. The fourth-order valence-electron chi connectivity index (χ4n) is 3.48. The molecule has 0 spiro atoms. The summed E-state index contributed by atoms with van der Waals surface area (Å²) in [5.41, 5.74) is 2.82. The molecule has 5 heteroatoms. The fourth-order valence-corrected chi connectivity index (χ4v) is 3.48. The Bertz CT molecular complexity index is 1080. The van der Waals surface area contributed by atoms with E-state index >= 15 is 0 Å². The molecule has 4 rings (SSSR count). The number of carbonyl (C=O) groups excluding carboxylic acids is 2. The highest BCUT2D eigenvalue weighted by molar-refractivity contribution is 6.35. The van der Waals surface area contributed by atoms with Crippen LogP contribution in [0.4, 0.5) is 5.69 Å². The molecule has 0 radical (unpaired) electrons. The number of para-hydroxylation sites is 1. The second-order valence-corrected chi connectivity index (χ2v) is 6.31. The number of rotatable bonds is 3. The van der Waals surface area contributed by atoms with Crippen molar-refractivity contribution in [1.82, 2.24) is 0 Å². The van der Waals surface area contributed by atoms with E-state index in [4.69, 9.17) is 0 Å². The van der Waals surface area contributed by atoms with E-state index < -0.39 is 17.8 Å². The summed E-state index contributed by atoms with van der Waals surface area (Å²) in [6, 6.07) is 18.7. The standard InChI is InChI=1S/C22H15NO4/c1-13-7-6-11-15(19(13)22(26)27)14-8-4-5-12-18(14)23-20(24)16-9-2-3-10-17(16)21(23)25/h2-12H,1H3,(H,26,27). The molecule has 1 heterocycles. The first-order chi connectivity index (χ1) is 13.0. The molecule has 3 aromatic carbocycles. The molecule has 0 saturated heterocycles. The zero-order chi connectivity index (χ0) is 19.1. The topological polar surface area (TPSA) is 74.7 Å². The molecule has 0 aromatic heterocycles. The van der Waals surface area contributed by atoms with Crippen LogP contribution in [0.2, 0.25) is 0 Å². The molecule has 1 N–H and O–H groups in total. The van der Waals surface area contributed by atoms with Crippen LogP contribution in [0.15, 0.2) is 66.7 Å². The third-order valence-corrected chi connectivity index (χ3v) is 4.72. The number of fused-ring (bicyclic) bond motifs is 1. The van der Waals surface area contributed by atoms with Crippen LogP contribution in [0, 0.1) is 6.92 Å². The van der Waals surface area contributed by atoms with Crippen molar-refractivity contribution in [2.24, 2.45) is 0 Å². The van der Waals surface area contributed by atoms with E-state index in [-0.39, 0.29) is 5.56 Å². The summed E-state index contributed by atoms with van der Waals surface area (Å²) in [7, 11) is 0. The van der Waals surface area contributed by atoms with Crippen LogP contribution in [-0.4, -0.2) is 22.9 Å². The van der Waals surface area contributed by atoms with Crippen molar-refractivity contribution in [3.8, 4) is 11.1 Å². The minimum absolute atomic E-state index is 0.154. The number of nitrogens with zero attached hydrogens (tertiary/aromatic N) is 1. The highest BCUT2D eigenvalue weighted by Gasteiger charge is 2.37. The van der Waals surface area contributed by atoms with Gasteiger partial charge in [0.25, 0.3) is 11.8 Å². The van der Waals surface area contributed by atoms with Crippen molar-refractivity contribution >= 4 is 23.5 Å². The SMILES string of the molecule is Cc1cccc(-c2ccccc2N2C(=O)c3ccccc3C2=O)c1C(=O)O. The van der Waals surface area contributed by atoms with Gasteiger partial charge in [-0.15, -0.1) is 0 Å². The molecule has 27 heavy (non-hydrogen) atoms. The molecular formula is C22H15NO4. The number of carboxylic acids is 1. The predicted octanol–water partition coefficient (Wildman–Crippen LogP) is 4.16. The molecule has 0 saturated carbocycles. The van der Waals surface area contributed by atoms with Gasteiger partial charge in [-0.3, -0.25) is 9.59 Å². The molecule has 1 aliphatic rings. The van der Waals surface area contributed by atoms with Gasteiger partial charge in [-0.1, -0.05) is 48.5 Å². The lowest BCUT2D eigenvalue weighted by molar-refractivity contribution is 0.0696. The fraction of sp³-hybridized carbons (Fsp3) is 0.0455. The Hall–Kier alpha value is -3.73. The minimum atomic E-state index is -1.06. The van der Waals surface area contributed by atoms with E-state index in [1.54, 1.807) is 73.7 Å². The van der Waals surface area contributed by atoms with E-state index in [1.807, 2.05) is 0 Å². The number of benzene rings is 3. The van der Waals surface area contributed by atoms with Crippen LogP contribution in [0.1, 0.15) is 36.6 Å². The average molecular weight is 357 g/mol. The lowest BCUT2D eigenvalue weighted by Gasteiger charge is -2.19. The Kier molecular flexibility index (Phi) is 3.85. The van der Waals surface area contributed by atoms with Crippen molar-refractivity contribution < 1.29 is 19.5 Å². The third-order valence-electron chi connectivity index (χ3n) is 4.72. The number of carbonyl (C=O) groups is 3. The van der Waals surface area contributed by atoms with E-state index in [0.717, 1.165) is 4.90 Å². The zero-order valence-electron chi connectivity index (χ0n) is 14.5. The van der Waals surface area contributed by atoms with Gasteiger partial charge in [0, 0.05) is 5.56 Å². The van der Waals surface area contributed by atoms with Gasteiger partial charge in [-0.05, 0) is 36.2 Å². The Balaban J connectivity index is 1.93. The zero-order valence-corrected chi connectivity index (χ0v) is 14.5. The van der Waals surface area contributed by atoms with Crippen molar-refractivity contribution in [3.63, 3.8) is 0 Å². The van der Waals surface area contributed by atoms with Gasteiger partial charge in [-0.2, -0.15) is 0 Å². The van der Waals surface area contributed by atoms with Crippen LogP contribution < -0.4 is 4.90 Å². The molecule has 0 bridgehead atoms. The lowest BCUT2D eigenvalue weighted by atomic mass is 9.94. The highest BCUT2D eigenvalue weighted by Crippen LogP contribution is 2.37. The molecule has 132 valence electrons. The first-order valence-corrected chi connectivity index (χ1v) is 8.41. The van der Waals surface area contributed by atoms with Gasteiger partial charge in [0.2, 0.25) is 0 Å². The molecule has 0 unspecified atom stereocenters. The predicted molar refractivity (Wildman–Crippen MR) is 101 cm³/mol. The summed E-state index contributed by atoms with van der Waals surface area (Å²) in [6.07, 6.45) is 0. The van der Waals surface area contributed by atoms with E-state index in [9.17, 15) is 19.5 Å². The van der Waals surface area contributed by atoms with Crippen LogP contribution in [-0.2, 0) is 0 Å².